The second-order valence-corrected chi connectivity index (χ2v) is 23.7. The van der Waals surface area contributed by atoms with Gasteiger partial charge in [0.05, 0.1) is 18.8 Å². The number of aliphatic hydroxyl groups excluding tert-OH is 1. The van der Waals surface area contributed by atoms with Gasteiger partial charge in [0, 0.05) is 0 Å². The van der Waals surface area contributed by atoms with Gasteiger partial charge in [-0.15, -0.1) is 0 Å². The Bertz CT molecular complexity index is 1620. The summed E-state index contributed by atoms with van der Waals surface area (Å²) in [6.07, 6.45) is -1.53. The summed E-state index contributed by atoms with van der Waals surface area (Å²) in [7, 11) is -5.54. The second-order valence-electron chi connectivity index (χ2n) is 15.2. The lowest BCUT2D eigenvalue weighted by molar-refractivity contribution is -0.139. The molecular formula is C41H54N2O6Si2. The zero-order chi connectivity index (χ0) is 37.5. The Kier molecular flexibility index (Phi) is 12.9. The van der Waals surface area contributed by atoms with Gasteiger partial charge in [0.25, 0.3) is 8.32 Å². The van der Waals surface area contributed by atoms with Crippen molar-refractivity contribution >= 4 is 49.4 Å². The molecule has 4 N–H and O–H groups in total. The third kappa shape index (κ3) is 8.70. The number of benzene rings is 4. The van der Waals surface area contributed by atoms with Crippen molar-refractivity contribution in [3.8, 4) is 0 Å². The van der Waals surface area contributed by atoms with Crippen LogP contribution in [0, 0.1) is 0 Å². The van der Waals surface area contributed by atoms with E-state index >= 15 is 0 Å². The fraction of sp³-hybridized carbons (Fsp3) is 0.366. The Balaban J connectivity index is 0.000000229. The molecule has 1 aliphatic heterocycles. The van der Waals surface area contributed by atoms with E-state index in [4.69, 9.17) is 19.3 Å². The number of carbonyl (C=O) groups excluding carboxylic acids is 2. The average Bonchev–Trinajstić information content (AvgIpc) is 3.43. The highest BCUT2D eigenvalue weighted by atomic mass is 28.4. The van der Waals surface area contributed by atoms with E-state index in [1.54, 1.807) is 0 Å². The minimum atomic E-state index is -2.96. The van der Waals surface area contributed by atoms with Crippen LogP contribution in [-0.4, -0.2) is 64.7 Å². The molecule has 0 saturated carbocycles. The van der Waals surface area contributed by atoms with Crippen LogP contribution in [-0.2, 0) is 18.4 Å². The second kappa shape index (κ2) is 16.5. The van der Waals surface area contributed by atoms with Crippen molar-refractivity contribution in [1.82, 2.24) is 5.32 Å². The quantitative estimate of drug-likeness (QED) is 0.200. The third-order valence-electron chi connectivity index (χ3n) is 9.52. The zero-order valence-electron chi connectivity index (χ0n) is 31.1. The maximum atomic E-state index is 12.7. The highest BCUT2D eigenvalue weighted by Crippen LogP contribution is 2.38. The number of aliphatic hydroxyl groups is 1. The van der Waals surface area contributed by atoms with Gasteiger partial charge in [-0.3, -0.25) is 4.79 Å². The van der Waals surface area contributed by atoms with Gasteiger partial charge in [-0.2, -0.15) is 0 Å². The molecule has 5 rings (SSSR count). The van der Waals surface area contributed by atoms with E-state index in [0.717, 1.165) is 10.4 Å². The summed E-state index contributed by atoms with van der Waals surface area (Å²) in [5.74, 6) is -0.565. The van der Waals surface area contributed by atoms with Crippen LogP contribution in [0.2, 0.25) is 10.1 Å². The highest BCUT2D eigenvalue weighted by molar-refractivity contribution is 7.00. The summed E-state index contributed by atoms with van der Waals surface area (Å²) in [5.41, 5.74) is 5.86. The Morgan fingerprint density at radius 2 is 1.10 bits per heavy atom. The number of hydrogen-bond acceptors (Lipinski definition) is 7. The van der Waals surface area contributed by atoms with Crippen molar-refractivity contribution in [1.29, 1.82) is 0 Å². The molecule has 0 aliphatic carbocycles. The Labute approximate surface area is 305 Å². The SMILES string of the molecule is C[C@@H](O)[C@@H](N)C(=O)O[Si](c1ccccc1)(c1ccccc1)C(C)(C)C.C[C@H]1OC(=O)N[C@H]1CO[Si](c1ccccc1)(c1ccccc1)C(C)(C)C. The largest absolute Gasteiger partial charge is 0.508 e. The maximum absolute atomic E-state index is 12.7. The number of nitrogens with one attached hydrogen (secondary N) is 1. The summed E-state index contributed by atoms with van der Waals surface area (Å²) in [5, 5.41) is 16.7. The number of alkyl carbamates (subject to hydrolysis) is 1. The Morgan fingerprint density at radius 1 is 0.745 bits per heavy atom. The molecule has 1 amide bonds. The van der Waals surface area contributed by atoms with Gasteiger partial charge >= 0.3 is 20.4 Å². The van der Waals surface area contributed by atoms with E-state index in [0.29, 0.717) is 6.61 Å². The minimum absolute atomic E-state index is 0.0809. The van der Waals surface area contributed by atoms with Crippen LogP contribution in [0.4, 0.5) is 4.79 Å². The van der Waals surface area contributed by atoms with E-state index < -0.39 is 34.7 Å². The molecule has 0 radical (unpaired) electrons. The van der Waals surface area contributed by atoms with Gasteiger partial charge in [-0.25, -0.2) is 4.79 Å². The van der Waals surface area contributed by atoms with Crippen LogP contribution in [0.25, 0.3) is 0 Å². The number of amides is 1. The number of carbonyl (C=O) groups is 2. The highest BCUT2D eigenvalue weighted by Gasteiger charge is 2.54. The van der Waals surface area contributed by atoms with E-state index in [1.165, 1.54) is 17.3 Å². The molecule has 1 aliphatic rings. The van der Waals surface area contributed by atoms with Gasteiger partial charge in [0.1, 0.15) is 12.1 Å². The van der Waals surface area contributed by atoms with Crippen molar-refractivity contribution < 1.29 is 28.3 Å². The van der Waals surface area contributed by atoms with Crippen molar-refractivity contribution in [3.05, 3.63) is 121 Å². The molecule has 1 fully saturated rings. The van der Waals surface area contributed by atoms with E-state index in [2.05, 4.69) is 95.4 Å². The minimum Gasteiger partial charge on any atom is -0.508 e. The van der Waals surface area contributed by atoms with Crippen molar-refractivity contribution in [3.63, 3.8) is 0 Å². The molecule has 272 valence electrons. The normalized spacial score (nSPS) is 17.6. The molecular weight excluding hydrogens is 673 g/mol. The van der Waals surface area contributed by atoms with Crippen LogP contribution < -0.4 is 31.8 Å². The molecule has 8 nitrogen and oxygen atoms in total. The van der Waals surface area contributed by atoms with Crippen LogP contribution in [0.3, 0.4) is 0 Å². The lowest BCUT2D eigenvalue weighted by Gasteiger charge is -2.43. The Morgan fingerprint density at radius 3 is 1.39 bits per heavy atom. The topological polar surface area (TPSA) is 120 Å². The lowest BCUT2D eigenvalue weighted by atomic mass is 10.2. The number of rotatable bonds is 10. The van der Waals surface area contributed by atoms with Crippen molar-refractivity contribution in [2.75, 3.05) is 6.61 Å². The summed E-state index contributed by atoms with van der Waals surface area (Å²) in [6.45, 7) is 16.8. The molecule has 4 aromatic carbocycles. The molecule has 4 atom stereocenters. The third-order valence-corrected chi connectivity index (χ3v) is 19.4. The smallest absolute Gasteiger partial charge is 0.407 e. The van der Waals surface area contributed by atoms with E-state index in [1.807, 2.05) is 79.7 Å². The predicted octanol–water partition coefficient (Wildman–Crippen LogP) is 4.86. The molecule has 1 heterocycles. The number of nitrogens with two attached hydrogens (primary N) is 1. The van der Waals surface area contributed by atoms with Gasteiger partial charge in [0.2, 0.25) is 0 Å². The zero-order valence-corrected chi connectivity index (χ0v) is 33.1. The fourth-order valence-electron chi connectivity index (χ4n) is 6.77. The first-order valence-electron chi connectivity index (χ1n) is 17.5. The molecule has 0 unspecified atom stereocenters. The van der Waals surface area contributed by atoms with Crippen LogP contribution in [0.5, 0.6) is 0 Å². The lowest BCUT2D eigenvalue weighted by Crippen LogP contribution is -2.68. The van der Waals surface area contributed by atoms with Crippen LogP contribution in [0.15, 0.2) is 121 Å². The van der Waals surface area contributed by atoms with Gasteiger partial charge < -0.3 is 29.7 Å². The average molecular weight is 727 g/mol. The summed E-state index contributed by atoms with van der Waals surface area (Å²) in [6, 6.07) is 39.5. The molecule has 1 saturated heterocycles. The molecule has 10 heteroatoms. The monoisotopic (exact) mass is 726 g/mol. The molecule has 0 bridgehead atoms. The van der Waals surface area contributed by atoms with Crippen molar-refractivity contribution in [2.24, 2.45) is 5.73 Å². The number of cyclic esters (lactones) is 1. The van der Waals surface area contributed by atoms with Gasteiger partial charge in [-0.1, -0.05) is 163 Å². The Hall–Kier alpha value is -4.07. The summed E-state index contributed by atoms with van der Waals surface area (Å²) in [4.78, 5) is 24.3. The maximum Gasteiger partial charge on any atom is 0.407 e. The van der Waals surface area contributed by atoms with Crippen LogP contribution >= 0.6 is 0 Å². The first-order chi connectivity index (χ1) is 24.0. The van der Waals surface area contributed by atoms with Crippen LogP contribution in [0.1, 0.15) is 55.4 Å². The molecule has 4 aromatic rings. The summed E-state index contributed by atoms with van der Waals surface area (Å²) < 4.78 is 18.2. The predicted molar refractivity (Wildman–Crippen MR) is 210 cm³/mol. The first kappa shape index (κ1) is 39.7. The van der Waals surface area contributed by atoms with Gasteiger partial charge in [0.15, 0.2) is 0 Å². The summed E-state index contributed by atoms with van der Waals surface area (Å²) >= 11 is 0. The standard InChI is InChI=1S/C21H27NO3Si.C20H27NO3Si/c1-16-19(22-20(23)25-16)15-24-26(21(2,3)4,17-11-7-5-8-12-17)18-13-9-6-10-14-18;1-15(22)18(21)19(23)24-25(20(2,3)4,16-11-7-5-8-12-16)17-13-9-6-10-14-17/h5-14,16,19H,15H2,1-4H3,(H,22,23);5-15,18,22H,21H2,1-4H3/t16-,19+;15-,18-/m11/s1. The van der Waals surface area contributed by atoms with Crippen molar-refractivity contribution in [2.45, 2.75) is 89.8 Å². The number of ether oxygens (including phenoxy) is 1. The first-order valence-corrected chi connectivity index (χ1v) is 21.4. The molecule has 0 aromatic heterocycles. The van der Waals surface area contributed by atoms with E-state index in [9.17, 15) is 14.7 Å². The molecule has 51 heavy (non-hydrogen) atoms. The van der Waals surface area contributed by atoms with Gasteiger partial charge in [-0.05, 0) is 44.7 Å². The fourth-order valence-corrected chi connectivity index (χ4v) is 15.7. The molecule has 0 spiro atoms. The van der Waals surface area contributed by atoms with E-state index in [-0.39, 0.29) is 28.3 Å². The number of hydrogen-bond donors (Lipinski definition) is 3.